The number of rotatable bonds is 4. The Morgan fingerprint density at radius 1 is 1.00 bits per heavy atom. The molecule has 5 nitrogen and oxygen atoms in total. The summed E-state index contributed by atoms with van der Waals surface area (Å²) in [5.74, 6) is 0.668. The van der Waals surface area contributed by atoms with Gasteiger partial charge in [-0.25, -0.2) is 0 Å². The van der Waals surface area contributed by atoms with Gasteiger partial charge in [0.2, 0.25) is 0 Å². The van der Waals surface area contributed by atoms with E-state index in [9.17, 15) is 4.79 Å². The van der Waals surface area contributed by atoms with Gasteiger partial charge in [-0.2, -0.15) is 5.10 Å². The molecule has 2 heterocycles. The van der Waals surface area contributed by atoms with Crippen LogP contribution in [0.25, 0.3) is 6.08 Å². The highest BCUT2D eigenvalue weighted by Crippen LogP contribution is 2.25. The van der Waals surface area contributed by atoms with Gasteiger partial charge in [0.25, 0.3) is 0 Å². The van der Waals surface area contributed by atoms with Gasteiger partial charge in [0, 0.05) is 16.8 Å². The Labute approximate surface area is 148 Å². The van der Waals surface area contributed by atoms with E-state index in [4.69, 9.17) is 0 Å². The molecule has 0 saturated heterocycles. The van der Waals surface area contributed by atoms with Gasteiger partial charge >= 0.3 is 4.87 Å². The zero-order valence-corrected chi connectivity index (χ0v) is 14.0. The Morgan fingerprint density at radius 3 is 2.48 bits per heavy atom. The first-order valence-corrected chi connectivity index (χ1v) is 8.55. The molecule has 0 radical (unpaired) electrons. The number of H-pyrrole nitrogens is 1. The average Bonchev–Trinajstić information content (AvgIpc) is 3.24. The molecule has 0 saturated carbocycles. The smallest absolute Gasteiger partial charge is 0.306 e. The molecule has 1 aliphatic heterocycles. The second kappa shape index (κ2) is 6.70. The second-order valence-electron chi connectivity index (χ2n) is 5.40. The number of hydrogen-bond donors (Lipinski definition) is 2. The van der Waals surface area contributed by atoms with Crippen LogP contribution >= 0.6 is 11.3 Å². The predicted octanol–water partition coefficient (Wildman–Crippen LogP) is 4.05. The third-order valence-corrected chi connectivity index (χ3v) is 4.51. The normalized spacial score (nSPS) is 14.7. The molecule has 0 spiro atoms. The van der Waals surface area contributed by atoms with Crippen molar-refractivity contribution in [3.05, 3.63) is 86.3 Å². The summed E-state index contributed by atoms with van der Waals surface area (Å²) >= 11 is 1.15. The SMILES string of the molecule is O=c1[nH]c(Nc2ccccc2)c(C=C2C=NN=C2c2ccccc2)s1. The van der Waals surface area contributed by atoms with Crippen molar-refractivity contribution in [3.63, 3.8) is 0 Å². The number of nitrogens with one attached hydrogen (secondary N) is 2. The number of thiazole rings is 1. The maximum atomic E-state index is 11.9. The molecular formula is C19H14N4OS. The molecule has 0 aliphatic carbocycles. The van der Waals surface area contributed by atoms with E-state index >= 15 is 0 Å². The fourth-order valence-electron chi connectivity index (χ4n) is 2.54. The summed E-state index contributed by atoms with van der Waals surface area (Å²) in [5.41, 5.74) is 3.57. The van der Waals surface area contributed by atoms with E-state index in [1.165, 1.54) is 0 Å². The van der Waals surface area contributed by atoms with E-state index in [1.807, 2.05) is 66.7 Å². The van der Waals surface area contributed by atoms with Gasteiger partial charge in [-0.3, -0.25) is 9.78 Å². The Kier molecular flexibility index (Phi) is 4.10. The molecule has 25 heavy (non-hydrogen) atoms. The first-order valence-electron chi connectivity index (χ1n) is 7.73. The Hall–Kier alpha value is -3.25. The minimum Gasteiger partial charge on any atom is -0.341 e. The van der Waals surface area contributed by atoms with Gasteiger partial charge in [-0.15, -0.1) is 5.10 Å². The van der Waals surface area contributed by atoms with Crippen LogP contribution in [0.15, 0.2) is 81.2 Å². The van der Waals surface area contributed by atoms with Crippen LogP contribution in [0.1, 0.15) is 10.4 Å². The third kappa shape index (κ3) is 3.34. The number of aromatic nitrogens is 1. The van der Waals surface area contributed by atoms with Crippen molar-refractivity contribution < 1.29 is 0 Å². The Balaban J connectivity index is 1.69. The lowest BCUT2D eigenvalue weighted by molar-refractivity contribution is 1.28. The lowest BCUT2D eigenvalue weighted by Gasteiger charge is -2.05. The van der Waals surface area contributed by atoms with E-state index in [0.29, 0.717) is 5.82 Å². The van der Waals surface area contributed by atoms with Crippen LogP contribution < -0.4 is 10.2 Å². The molecule has 0 fully saturated rings. The van der Waals surface area contributed by atoms with Gasteiger partial charge < -0.3 is 5.32 Å². The average molecular weight is 346 g/mol. The molecule has 4 rings (SSSR count). The van der Waals surface area contributed by atoms with Gasteiger partial charge in [-0.05, 0) is 18.2 Å². The summed E-state index contributed by atoms with van der Waals surface area (Å²) in [6.45, 7) is 0. The molecular weight excluding hydrogens is 332 g/mol. The second-order valence-corrected chi connectivity index (χ2v) is 6.42. The van der Waals surface area contributed by atoms with E-state index < -0.39 is 0 Å². The molecule has 3 aromatic rings. The number of para-hydroxylation sites is 1. The van der Waals surface area contributed by atoms with Gasteiger partial charge in [-0.1, -0.05) is 59.9 Å². The first-order chi connectivity index (χ1) is 12.3. The van der Waals surface area contributed by atoms with Crippen LogP contribution in [0, 0.1) is 0 Å². The largest absolute Gasteiger partial charge is 0.341 e. The highest BCUT2D eigenvalue weighted by molar-refractivity contribution is 7.10. The van der Waals surface area contributed by atoms with Crippen molar-refractivity contribution in [3.8, 4) is 0 Å². The van der Waals surface area contributed by atoms with E-state index in [1.54, 1.807) is 6.21 Å². The third-order valence-electron chi connectivity index (χ3n) is 3.68. The molecule has 0 bridgehead atoms. The molecule has 1 aromatic heterocycles. The summed E-state index contributed by atoms with van der Waals surface area (Å²) < 4.78 is 0. The molecule has 0 unspecified atom stereocenters. The lowest BCUT2D eigenvalue weighted by atomic mass is 10.0. The zero-order chi connectivity index (χ0) is 17.1. The van der Waals surface area contributed by atoms with Crippen molar-refractivity contribution >= 4 is 40.8 Å². The van der Waals surface area contributed by atoms with Crippen LogP contribution in [-0.4, -0.2) is 16.9 Å². The van der Waals surface area contributed by atoms with Gasteiger partial charge in [0.05, 0.1) is 11.1 Å². The predicted molar refractivity (Wildman–Crippen MR) is 104 cm³/mol. The van der Waals surface area contributed by atoms with Crippen LogP contribution in [0.2, 0.25) is 0 Å². The zero-order valence-electron chi connectivity index (χ0n) is 13.1. The molecule has 6 heteroatoms. The fourth-order valence-corrected chi connectivity index (χ4v) is 3.28. The van der Waals surface area contributed by atoms with Crippen LogP contribution in [0.3, 0.4) is 0 Å². The fraction of sp³-hybridized carbons (Fsp3) is 0. The number of aromatic amines is 1. The maximum Gasteiger partial charge on any atom is 0.306 e. The summed E-state index contributed by atoms with van der Waals surface area (Å²) in [7, 11) is 0. The van der Waals surface area contributed by atoms with Crippen molar-refractivity contribution in [1.82, 2.24) is 4.98 Å². The van der Waals surface area contributed by atoms with Crippen LogP contribution in [-0.2, 0) is 0 Å². The lowest BCUT2D eigenvalue weighted by Crippen LogP contribution is -2.02. The highest BCUT2D eigenvalue weighted by Gasteiger charge is 2.15. The summed E-state index contributed by atoms with van der Waals surface area (Å²) in [6, 6.07) is 19.6. The summed E-state index contributed by atoms with van der Waals surface area (Å²) in [6.07, 6.45) is 3.63. The summed E-state index contributed by atoms with van der Waals surface area (Å²) in [5, 5.41) is 11.5. The van der Waals surface area contributed by atoms with E-state index in [2.05, 4.69) is 20.5 Å². The van der Waals surface area contributed by atoms with E-state index in [0.717, 1.165) is 38.7 Å². The van der Waals surface area contributed by atoms with Gasteiger partial charge in [0.1, 0.15) is 11.5 Å². The molecule has 0 atom stereocenters. The minimum atomic E-state index is -0.113. The molecule has 122 valence electrons. The Bertz CT molecular complexity index is 1030. The quantitative estimate of drug-likeness (QED) is 0.748. The number of allylic oxidation sites excluding steroid dienone is 1. The van der Waals surface area contributed by atoms with Crippen molar-refractivity contribution in [2.75, 3.05) is 5.32 Å². The van der Waals surface area contributed by atoms with Crippen LogP contribution in [0.4, 0.5) is 11.5 Å². The van der Waals surface area contributed by atoms with Crippen molar-refractivity contribution in [2.24, 2.45) is 10.2 Å². The monoisotopic (exact) mass is 346 g/mol. The highest BCUT2D eigenvalue weighted by atomic mass is 32.1. The van der Waals surface area contributed by atoms with Crippen molar-refractivity contribution in [2.45, 2.75) is 0 Å². The topological polar surface area (TPSA) is 69.6 Å². The number of hydrogen-bond acceptors (Lipinski definition) is 5. The van der Waals surface area contributed by atoms with Gasteiger partial charge in [0.15, 0.2) is 0 Å². The first kappa shape index (κ1) is 15.3. The maximum absolute atomic E-state index is 11.9. The molecule has 2 aromatic carbocycles. The molecule has 2 N–H and O–H groups in total. The number of anilines is 2. The summed E-state index contributed by atoms with van der Waals surface area (Å²) in [4.78, 5) is 15.4. The minimum absolute atomic E-state index is 0.113. The number of benzene rings is 2. The number of nitrogens with zero attached hydrogens (tertiary/aromatic N) is 2. The van der Waals surface area contributed by atoms with Crippen LogP contribution in [0.5, 0.6) is 0 Å². The molecule has 0 amide bonds. The van der Waals surface area contributed by atoms with Crippen molar-refractivity contribution in [1.29, 1.82) is 0 Å². The van der Waals surface area contributed by atoms with E-state index in [-0.39, 0.29) is 4.87 Å². The Morgan fingerprint density at radius 2 is 1.72 bits per heavy atom. The molecule has 1 aliphatic rings. The standard InChI is InChI=1S/C19H14N4OS/c24-19-22-18(21-15-9-5-2-6-10-15)16(25-19)11-14-12-20-23-17(14)13-7-3-1-4-8-13/h1-12,21H,(H,22,24).